The number of rotatable bonds is 2. The van der Waals surface area contributed by atoms with Gasteiger partial charge in [0.25, 0.3) is 0 Å². The van der Waals surface area contributed by atoms with Gasteiger partial charge in [0.2, 0.25) is 0 Å². The summed E-state index contributed by atoms with van der Waals surface area (Å²) >= 11 is 0. The Labute approximate surface area is 146 Å². The summed E-state index contributed by atoms with van der Waals surface area (Å²) in [6, 6.07) is 0. The van der Waals surface area contributed by atoms with E-state index in [9.17, 15) is 0 Å². The van der Waals surface area contributed by atoms with Gasteiger partial charge in [-0.1, -0.05) is 73.1 Å². The van der Waals surface area contributed by atoms with Crippen molar-refractivity contribution in [3.63, 3.8) is 0 Å². The third kappa shape index (κ3) is 3.52. The molecule has 3 aliphatic rings. The van der Waals surface area contributed by atoms with Crippen LogP contribution < -0.4 is 0 Å². The van der Waals surface area contributed by atoms with Crippen molar-refractivity contribution in [1.29, 1.82) is 0 Å². The molecule has 0 radical (unpaired) electrons. The highest BCUT2D eigenvalue weighted by Crippen LogP contribution is 2.53. The Balaban J connectivity index is 1.76. The summed E-state index contributed by atoms with van der Waals surface area (Å²) in [4.78, 5) is 0. The lowest BCUT2D eigenvalue weighted by atomic mass is 9.54. The zero-order chi connectivity index (χ0) is 16.6. The van der Waals surface area contributed by atoms with Crippen molar-refractivity contribution in [3.8, 4) is 0 Å². The van der Waals surface area contributed by atoms with Gasteiger partial charge < -0.3 is 0 Å². The minimum atomic E-state index is 0.959. The van der Waals surface area contributed by atoms with Crippen LogP contribution in [0.4, 0.5) is 0 Å². The molecule has 0 N–H and O–H groups in total. The summed E-state index contributed by atoms with van der Waals surface area (Å²) in [5.74, 6) is 8.98. The summed E-state index contributed by atoms with van der Waals surface area (Å²) in [5.41, 5.74) is 0. The van der Waals surface area contributed by atoms with Crippen molar-refractivity contribution >= 4 is 0 Å². The third-order valence-electron chi connectivity index (χ3n) is 8.89. The van der Waals surface area contributed by atoms with Gasteiger partial charge in [-0.25, -0.2) is 0 Å². The van der Waals surface area contributed by atoms with Gasteiger partial charge in [-0.3, -0.25) is 0 Å². The van der Waals surface area contributed by atoms with Gasteiger partial charge in [-0.05, 0) is 72.5 Å². The number of hydrogen-bond acceptors (Lipinski definition) is 0. The molecule has 9 unspecified atom stereocenters. The van der Waals surface area contributed by atoms with Gasteiger partial charge in [0.1, 0.15) is 0 Å². The molecule has 0 spiro atoms. The molecule has 0 aliphatic heterocycles. The molecule has 3 rings (SSSR count). The molecule has 0 nitrogen and oxygen atoms in total. The van der Waals surface area contributed by atoms with Crippen LogP contribution in [0.25, 0.3) is 0 Å². The van der Waals surface area contributed by atoms with Crippen LogP contribution in [0.3, 0.4) is 0 Å². The Bertz CT molecular complexity index is 372. The number of hydrogen-bond donors (Lipinski definition) is 0. The molecule has 3 fully saturated rings. The first-order valence-electron chi connectivity index (χ1n) is 11.0. The van der Waals surface area contributed by atoms with E-state index in [4.69, 9.17) is 0 Å². The van der Waals surface area contributed by atoms with Crippen LogP contribution in [0, 0.1) is 53.3 Å². The fourth-order valence-corrected chi connectivity index (χ4v) is 7.28. The average Bonchev–Trinajstić information content (AvgIpc) is 2.53. The molecule has 134 valence electrons. The van der Waals surface area contributed by atoms with Crippen molar-refractivity contribution in [2.24, 2.45) is 53.3 Å². The predicted octanol–water partition coefficient (Wildman–Crippen LogP) is 7.18. The highest BCUT2D eigenvalue weighted by Gasteiger charge is 2.45. The van der Waals surface area contributed by atoms with Crippen LogP contribution in [0.2, 0.25) is 0 Å². The third-order valence-corrected chi connectivity index (χ3v) is 8.89. The molecule has 3 saturated carbocycles. The lowest BCUT2D eigenvalue weighted by Crippen LogP contribution is -2.44. The Morgan fingerprint density at radius 2 is 1.09 bits per heavy atom. The van der Waals surface area contributed by atoms with Gasteiger partial charge in [-0.2, -0.15) is 0 Å². The lowest BCUT2D eigenvalue weighted by Gasteiger charge is -2.52. The van der Waals surface area contributed by atoms with E-state index in [-0.39, 0.29) is 0 Å². The van der Waals surface area contributed by atoms with Crippen LogP contribution in [-0.2, 0) is 0 Å². The monoisotopic (exact) mass is 318 g/mol. The van der Waals surface area contributed by atoms with E-state index >= 15 is 0 Å². The van der Waals surface area contributed by atoms with E-state index in [2.05, 4.69) is 34.6 Å². The minimum absolute atomic E-state index is 0.959. The smallest absolute Gasteiger partial charge is 0.0329 e. The van der Waals surface area contributed by atoms with E-state index in [0.717, 1.165) is 53.3 Å². The zero-order valence-corrected chi connectivity index (χ0v) is 16.6. The average molecular weight is 319 g/mol. The lowest BCUT2D eigenvalue weighted by molar-refractivity contribution is -0.0260. The molecule has 0 heterocycles. The standard InChI is InChI=1S/C23H42/c1-15-10-8-12-22(18(15)4)23-17(3)13-14-21(19(23)5)20-11-7-6-9-16(20)2/h15-23H,6-14H2,1-5H3. The minimum Gasteiger partial charge on any atom is -0.0622 e. The quantitative estimate of drug-likeness (QED) is 0.505. The van der Waals surface area contributed by atoms with Gasteiger partial charge >= 0.3 is 0 Å². The fraction of sp³-hybridized carbons (Fsp3) is 1.00. The summed E-state index contributed by atoms with van der Waals surface area (Å²) in [6.07, 6.45) is 13.6. The largest absolute Gasteiger partial charge is 0.0622 e. The molecule has 0 aromatic rings. The van der Waals surface area contributed by atoms with Crippen LogP contribution >= 0.6 is 0 Å². The first kappa shape index (κ1) is 17.8. The molecule has 0 bridgehead atoms. The van der Waals surface area contributed by atoms with Crippen LogP contribution in [0.15, 0.2) is 0 Å². The van der Waals surface area contributed by atoms with Crippen molar-refractivity contribution in [3.05, 3.63) is 0 Å². The molecule has 0 amide bonds. The van der Waals surface area contributed by atoms with E-state index in [1.807, 2.05) is 0 Å². The molecule has 3 aliphatic carbocycles. The van der Waals surface area contributed by atoms with E-state index in [1.54, 1.807) is 0 Å². The first-order chi connectivity index (χ1) is 11.0. The van der Waals surface area contributed by atoms with Gasteiger partial charge in [-0.15, -0.1) is 0 Å². The normalized spacial score (nSPS) is 52.3. The Hall–Kier alpha value is 0. The van der Waals surface area contributed by atoms with Crippen molar-refractivity contribution in [2.75, 3.05) is 0 Å². The van der Waals surface area contributed by atoms with Gasteiger partial charge in [0, 0.05) is 0 Å². The molecule has 0 heteroatoms. The maximum atomic E-state index is 2.66. The highest BCUT2D eigenvalue weighted by molar-refractivity contribution is 4.94. The second-order valence-electron chi connectivity index (χ2n) is 10.0. The van der Waals surface area contributed by atoms with E-state index in [1.165, 1.54) is 57.8 Å². The van der Waals surface area contributed by atoms with Crippen LogP contribution in [-0.4, -0.2) is 0 Å². The fourth-order valence-electron chi connectivity index (χ4n) is 7.28. The Kier molecular flexibility index (Phi) is 5.80. The van der Waals surface area contributed by atoms with Crippen molar-refractivity contribution in [1.82, 2.24) is 0 Å². The second-order valence-corrected chi connectivity index (χ2v) is 10.0. The molecular formula is C23H42. The Morgan fingerprint density at radius 1 is 0.435 bits per heavy atom. The topological polar surface area (TPSA) is 0 Å². The van der Waals surface area contributed by atoms with Crippen LogP contribution in [0.5, 0.6) is 0 Å². The summed E-state index contributed by atoms with van der Waals surface area (Å²) in [7, 11) is 0. The van der Waals surface area contributed by atoms with Crippen LogP contribution in [0.1, 0.15) is 92.4 Å². The molecule has 9 atom stereocenters. The predicted molar refractivity (Wildman–Crippen MR) is 101 cm³/mol. The van der Waals surface area contributed by atoms with E-state index in [0.29, 0.717) is 0 Å². The maximum absolute atomic E-state index is 2.66. The van der Waals surface area contributed by atoms with Crippen molar-refractivity contribution < 1.29 is 0 Å². The molecular weight excluding hydrogens is 276 g/mol. The summed E-state index contributed by atoms with van der Waals surface area (Å²) < 4.78 is 0. The summed E-state index contributed by atoms with van der Waals surface area (Å²) in [5, 5.41) is 0. The molecule has 23 heavy (non-hydrogen) atoms. The van der Waals surface area contributed by atoms with Gasteiger partial charge in [0.05, 0.1) is 0 Å². The molecule has 0 saturated heterocycles. The summed E-state index contributed by atoms with van der Waals surface area (Å²) in [6.45, 7) is 12.9. The van der Waals surface area contributed by atoms with Gasteiger partial charge in [0.15, 0.2) is 0 Å². The highest BCUT2D eigenvalue weighted by atomic mass is 14.5. The Morgan fingerprint density at radius 3 is 1.83 bits per heavy atom. The SMILES string of the molecule is CC1CCCC(C2C(C)CCC(C3CCCCC3C)C2C)C1C. The van der Waals surface area contributed by atoms with Crippen molar-refractivity contribution in [2.45, 2.75) is 92.4 Å². The molecule has 0 aromatic carbocycles. The van der Waals surface area contributed by atoms with E-state index < -0.39 is 0 Å². The zero-order valence-electron chi connectivity index (χ0n) is 16.6. The maximum Gasteiger partial charge on any atom is -0.0329 e. The molecule has 0 aromatic heterocycles. The first-order valence-corrected chi connectivity index (χ1v) is 11.0. The second kappa shape index (κ2) is 7.49.